The van der Waals surface area contributed by atoms with E-state index >= 15 is 0 Å². The van der Waals surface area contributed by atoms with E-state index in [1.807, 2.05) is 0 Å². The van der Waals surface area contributed by atoms with Gasteiger partial charge >= 0.3 is 5.97 Å². The maximum Gasteiger partial charge on any atom is 0.341 e. The van der Waals surface area contributed by atoms with Crippen LogP contribution < -0.4 is 4.72 Å². The van der Waals surface area contributed by atoms with Crippen molar-refractivity contribution in [1.82, 2.24) is 0 Å². The lowest BCUT2D eigenvalue weighted by atomic mass is 9.72. The van der Waals surface area contributed by atoms with E-state index in [0.29, 0.717) is 12.3 Å². The topological polar surface area (TPSA) is 116 Å². The van der Waals surface area contributed by atoms with Crippen molar-refractivity contribution >= 4 is 38.0 Å². The van der Waals surface area contributed by atoms with Gasteiger partial charge in [-0.15, -0.1) is 11.3 Å². The Bertz CT molecular complexity index is 1100. The van der Waals surface area contributed by atoms with Crippen LogP contribution in [0.25, 0.3) is 0 Å². The number of sulfonamides is 1. The number of non-ortho nitro benzene ring substituents is 1. The monoisotopic (exact) mass is 452 g/mol. The molecule has 0 radical (unpaired) electrons. The summed E-state index contributed by atoms with van der Waals surface area (Å²) < 4.78 is 33.2. The van der Waals surface area contributed by atoms with Gasteiger partial charge in [-0.25, -0.2) is 13.2 Å². The van der Waals surface area contributed by atoms with Crippen molar-refractivity contribution in [2.45, 2.75) is 44.9 Å². The van der Waals surface area contributed by atoms with Crippen LogP contribution in [0.1, 0.15) is 48.0 Å². The third kappa shape index (κ3) is 4.34. The number of methoxy groups -OCH3 is 1. The first-order valence-corrected chi connectivity index (χ1v) is 11.7. The van der Waals surface area contributed by atoms with Crippen molar-refractivity contribution < 1.29 is 22.9 Å². The molecule has 10 heteroatoms. The summed E-state index contributed by atoms with van der Waals surface area (Å²) in [5, 5.41) is 11.2. The number of rotatable bonds is 5. The highest BCUT2D eigenvalue weighted by molar-refractivity contribution is 7.93. The first-order valence-electron chi connectivity index (χ1n) is 9.44. The molecular formula is C20H24N2O6S2. The van der Waals surface area contributed by atoms with Gasteiger partial charge in [-0.05, 0) is 42.2 Å². The number of nitrogens with one attached hydrogen (secondary N) is 1. The molecule has 0 saturated carbocycles. The molecule has 0 bridgehead atoms. The number of benzene rings is 1. The molecule has 8 nitrogen and oxygen atoms in total. The van der Waals surface area contributed by atoms with E-state index in [4.69, 9.17) is 4.74 Å². The fraction of sp³-hybridized carbons (Fsp3) is 0.450. The van der Waals surface area contributed by atoms with Gasteiger partial charge in [-0.3, -0.25) is 14.8 Å². The molecule has 0 aliphatic heterocycles. The molecule has 1 unspecified atom stereocenters. The minimum Gasteiger partial charge on any atom is -0.465 e. The van der Waals surface area contributed by atoms with Gasteiger partial charge in [0, 0.05) is 17.0 Å². The molecule has 1 aliphatic carbocycles. The summed E-state index contributed by atoms with van der Waals surface area (Å²) in [5.74, 6) is -0.186. The van der Waals surface area contributed by atoms with Crippen LogP contribution in [-0.2, 0) is 27.6 Å². The van der Waals surface area contributed by atoms with E-state index in [1.165, 1.54) is 36.6 Å². The number of fused-ring (bicyclic) bond motifs is 1. The molecule has 162 valence electrons. The molecule has 2 aromatic rings. The Morgan fingerprint density at radius 1 is 1.33 bits per heavy atom. The largest absolute Gasteiger partial charge is 0.465 e. The summed E-state index contributed by atoms with van der Waals surface area (Å²) in [4.78, 5) is 23.5. The lowest BCUT2D eigenvalue weighted by molar-refractivity contribution is -0.385. The van der Waals surface area contributed by atoms with Crippen LogP contribution in [0.3, 0.4) is 0 Å². The van der Waals surface area contributed by atoms with Gasteiger partial charge in [0.25, 0.3) is 15.7 Å². The number of thiophene rings is 1. The minimum atomic E-state index is -4.13. The van der Waals surface area contributed by atoms with E-state index in [0.717, 1.165) is 29.3 Å². The maximum atomic E-state index is 12.9. The van der Waals surface area contributed by atoms with E-state index in [2.05, 4.69) is 25.5 Å². The first kappa shape index (κ1) is 22.2. The number of carbonyl (C=O) groups is 1. The third-order valence-electron chi connectivity index (χ3n) is 5.45. The molecule has 1 aliphatic rings. The van der Waals surface area contributed by atoms with E-state index < -0.39 is 20.9 Å². The second-order valence-electron chi connectivity index (χ2n) is 8.37. The van der Waals surface area contributed by atoms with Crippen LogP contribution in [0.15, 0.2) is 29.2 Å². The molecule has 1 N–H and O–H groups in total. The van der Waals surface area contributed by atoms with E-state index in [-0.39, 0.29) is 26.6 Å². The molecule has 0 spiro atoms. The fourth-order valence-electron chi connectivity index (χ4n) is 3.66. The normalized spacial score (nSPS) is 16.6. The Balaban J connectivity index is 2.02. The summed E-state index contributed by atoms with van der Waals surface area (Å²) >= 11 is 1.23. The number of nitrogens with zero attached hydrogens (tertiary/aromatic N) is 1. The number of nitro benzene ring substituents is 1. The smallest absolute Gasteiger partial charge is 0.341 e. The number of nitro groups is 1. The number of ether oxygens (including phenoxy) is 1. The Morgan fingerprint density at radius 2 is 2.03 bits per heavy atom. The fourth-order valence-corrected chi connectivity index (χ4v) is 6.32. The van der Waals surface area contributed by atoms with Crippen molar-refractivity contribution in [3.8, 4) is 0 Å². The second-order valence-corrected chi connectivity index (χ2v) is 11.2. The summed E-state index contributed by atoms with van der Waals surface area (Å²) in [6.45, 7) is 6.51. The molecule has 0 fully saturated rings. The lowest BCUT2D eigenvalue weighted by Crippen LogP contribution is -2.26. The zero-order valence-corrected chi connectivity index (χ0v) is 18.9. The van der Waals surface area contributed by atoms with Crippen molar-refractivity contribution in [2.24, 2.45) is 11.3 Å². The number of carbonyl (C=O) groups excluding carboxylic acids is 1. The molecule has 30 heavy (non-hydrogen) atoms. The molecule has 0 saturated heterocycles. The van der Waals surface area contributed by atoms with Crippen LogP contribution in [-0.4, -0.2) is 26.4 Å². The number of hydrogen-bond donors (Lipinski definition) is 1. The van der Waals surface area contributed by atoms with Gasteiger partial charge < -0.3 is 4.74 Å². The minimum absolute atomic E-state index is 0.0930. The lowest BCUT2D eigenvalue weighted by Gasteiger charge is -2.33. The predicted molar refractivity (Wildman–Crippen MR) is 115 cm³/mol. The van der Waals surface area contributed by atoms with Crippen LogP contribution in [0, 0.1) is 21.4 Å². The van der Waals surface area contributed by atoms with Gasteiger partial charge in [0.05, 0.1) is 22.5 Å². The van der Waals surface area contributed by atoms with Gasteiger partial charge in [0.2, 0.25) is 0 Å². The highest BCUT2D eigenvalue weighted by Gasteiger charge is 2.35. The molecule has 3 rings (SSSR count). The summed E-state index contributed by atoms with van der Waals surface area (Å²) in [6, 6.07) is 4.79. The van der Waals surface area contributed by atoms with E-state index in [1.54, 1.807) is 0 Å². The highest BCUT2D eigenvalue weighted by Crippen LogP contribution is 2.45. The van der Waals surface area contributed by atoms with Gasteiger partial charge in [0.1, 0.15) is 5.00 Å². The third-order valence-corrected chi connectivity index (χ3v) is 8.09. The highest BCUT2D eigenvalue weighted by atomic mass is 32.2. The standard InChI is InChI=1S/C20H24N2O6S2/c1-20(2,3)12-8-9-15-16(10-12)29-18(17(15)19(23)28-4)21-30(26,27)14-7-5-6-13(11-14)22(24)25/h5-7,11-12,21H,8-10H2,1-4H3. The molecule has 0 amide bonds. The predicted octanol–water partition coefficient (Wildman–Crippen LogP) is 4.39. The van der Waals surface area contributed by atoms with E-state index in [9.17, 15) is 23.3 Å². The van der Waals surface area contributed by atoms with Crippen molar-refractivity contribution in [3.63, 3.8) is 0 Å². The van der Waals surface area contributed by atoms with Crippen LogP contribution >= 0.6 is 11.3 Å². The number of esters is 1. The molecule has 1 aromatic heterocycles. The first-order chi connectivity index (χ1) is 13.9. The SMILES string of the molecule is COC(=O)c1c(NS(=O)(=O)c2cccc([N+](=O)[O-])c2)sc2c1CCC(C(C)(C)C)C2. The zero-order valence-electron chi connectivity index (χ0n) is 17.2. The van der Waals surface area contributed by atoms with Crippen molar-refractivity contribution in [3.05, 3.63) is 50.4 Å². The second kappa shape index (κ2) is 7.99. The van der Waals surface area contributed by atoms with Crippen LogP contribution in [0.4, 0.5) is 10.7 Å². The van der Waals surface area contributed by atoms with Crippen LogP contribution in [0.2, 0.25) is 0 Å². The average Bonchev–Trinajstić information content (AvgIpc) is 3.03. The Hall–Kier alpha value is -2.46. The number of anilines is 1. The summed E-state index contributed by atoms with van der Waals surface area (Å²) in [6.07, 6.45) is 2.32. The molecule has 1 atom stereocenters. The Morgan fingerprint density at radius 3 is 2.63 bits per heavy atom. The Kier molecular flexibility index (Phi) is 5.92. The Labute approximate surface area is 179 Å². The van der Waals surface area contributed by atoms with Gasteiger partial charge in [-0.1, -0.05) is 26.8 Å². The van der Waals surface area contributed by atoms with Gasteiger partial charge in [-0.2, -0.15) is 0 Å². The molecule has 1 aromatic carbocycles. The zero-order chi connectivity index (χ0) is 22.3. The molecular weight excluding hydrogens is 428 g/mol. The van der Waals surface area contributed by atoms with Crippen molar-refractivity contribution in [2.75, 3.05) is 11.8 Å². The maximum absolute atomic E-state index is 12.9. The summed E-state index contributed by atoms with van der Waals surface area (Å²) in [7, 11) is -2.87. The number of hydrogen-bond acceptors (Lipinski definition) is 7. The van der Waals surface area contributed by atoms with Crippen LogP contribution in [0.5, 0.6) is 0 Å². The summed E-state index contributed by atoms with van der Waals surface area (Å²) in [5.41, 5.74) is 0.822. The average molecular weight is 453 g/mol. The van der Waals surface area contributed by atoms with Crippen molar-refractivity contribution in [1.29, 1.82) is 0 Å². The quantitative estimate of drug-likeness (QED) is 0.408. The molecule has 1 heterocycles. The van der Waals surface area contributed by atoms with Gasteiger partial charge in [0.15, 0.2) is 0 Å².